The Balaban J connectivity index is 2.01. The molecule has 1 fully saturated rings. The second-order valence-corrected chi connectivity index (χ2v) is 3.55. The number of nitriles is 1. The fraction of sp³-hybridized carbons (Fsp3) is 0.667. The first-order valence-corrected chi connectivity index (χ1v) is 4.93. The van der Waals surface area contributed by atoms with E-state index in [4.69, 9.17) is 9.78 Å². The van der Waals surface area contributed by atoms with Crippen molar-refractivity contribution >= 4 is 0 Å². The van der Waals surface area contributed by atoms with Crippen molar-refractivity contribution in [1.82, 2.24) is 20.4 Å². The van der Waals surface area contributed by atoms with Crippen molar-refractivity contribution in [2.24, 2.45) is 0 Å². The maximum Gasteiger partial charge on any atom is 0.240 e. The number of piperazine rings is 1. The van der Waals surface area contributed by atoms with Crippen LogP contribution in [0.1, 0.15) is 11.7 Å². The van der Waals surface area contributed by atoms with E-state index in [0.29, 0.717) is 24.8 Å². The Kier molecular flexibility index (Phi) is 2.94. The van der Waals surface area contributed by atoms with Crippen LogP contribution in [0, 0.1) is 18.3 Å². The van der Waals surface area contributed by atoms with Gasteiger partial charge in [-0.1, -0.05) is 5.16 Å². The molecule has 0 amide bonds. The highest BCUT2D eigenvalue weighted by Gasteiger charge is 2.23. The van der Waals surface area contributed by atoms with Gasteiger partial charge in [-0.3, -0.25) is 4.90 Å². The zero-order valence-electron chi connectivity index (χ0n) is 8.60. The summed E-state index contributed by atoms with van der Waals surface area (Å²) < 4.78 is 5.03. The third-order valence-electron chi connectivity index (χ3n) is 2.41. The summed E-state index contributed by atoms with van der Waals surface area (Å²) in [6.07, 6.45) is 0. The van der Waals surface area contributed by atoms with Crippen molar-refractivity contribution in [3.8, 4) is 6.07 Å². The van der Waals surface area contributed by atoms with Crippen LogP contribution in [0.15, 0.2) is 4.52 Å². The van der Waals surface area contributed by atoms with Crippen LogP contribution in [0.4, 0.5) is 0 Å². The van der Waals surface area contributed by atoms with Gasteiger partial charge in [0.1, 0.15) is 6.04 Å². The van der Waals surface area contributed by atoms with E-state index >= 15 is 0 Å². The van der Waals surface area contributed by atoms with Gasteiger partial charge in [-0.2, -0.15) is 10.2 Å². The van der Waals surface area contributed by atoms with Crippen LogP contribution in [-0.4, -0.2) is 40.7 Å². The summed E-state index contributed by atoms with van der Waals surface area (Å²) >= 11 is 0. The standard InChI is InChI=1S/C9H13N5O/c1-7-12-9(15-13-7)6-14-3-2-11-5-8(14)4-10/h8,11H,2-3,5-6H2,1H3. The van der Waals surface area contributed by atoms with Gasteiger partial charge in [0.2, 0.25) is 5.89 Å². The Morgan fingerprint density at radius 1 is 1.73 bits per heavy atom. The van der Waals surface area contributed by atoms with Crippen LogP contribution in [0.2, 0.25) is 0 Å². The number of nitrogens with zero attached hydrogens (tertiary/aromatic N) is 4. The van der Waals surface area contributed by atoms with E-state index in [-0.39, 0.29) is 6.04 Å². The molecular weight excluding hydrogens is 194 g/mol. The van der Waals surface area contributed by atoms with Crippen LogP contribution in [0.25, 0.3) is 0 Å². The van der Waals surface area contributed by atoms with Crippen molar-refractivity contribution in [3.05, 3.63) is 11.7 Å². The van der Waals surface area contributed by atoms with E-state index in [0.717, 1.165) is 13.1 Å². The molecule has 1 aromatic heterocycles. The fourth-order valence-electron chi connectivity index (χ4n) is 1.64. The quantitative estimate of drug-likeness (QED) is 0.715. The smallest absolute Gasteiger partial charge is 0.240 e. The third-order valence-corrected chi connectivity index (χ3v) is 2.41. The SMILES string of the molecule is Cc1noc(CN2CCNCC2C#N)n1. The Morgan fingerprint density at radius 2 is 2.60 bits per heavy atom. The highest BCUT2D eigenvalue weighted by atomic mass is 16.5. The first-order valence-electron chi connectivity index (χ1n) is 4.93. The molecule has 1 aliphatic heterocycles. The number of nitrogens with one attached hydrogen (secondary N) is 1. The van der Waals surface area contributed by atoms with Gasteiger partial charge in [0.05, 0.1) is 12.6 Å². The molecule has 1 aliphatic rings. The van der Waals surface area contributed by atoms with Gasteiger partial charge in [0.25, 0.3) is 0 Å². The average Bonchev–Trinajstić information content (AvgIpc) is 2.65. The average molecular weight is 207 g/mol. The molecule has 1 N–H and O–H groups in total. The predicted molar refractivity (Wildman–Crippen MR) is 51.7 cm³/mol. The minimum atomic E-state index is -0.106. The molecule has 1 aromatic rings. The second-order valence-electron chi connectivity index (χ2n) is 3.55. The molecule has 6 heteroatoms. The minimum absolute atomic E-state index is 0.106. The largest absolute Gasteiger partial charge is 0.338 e. The first kappa shape index (κ1) is 10.1. The Morgan fingerprint density at radius 3 is 3.27 bits per heavy atom. The molecule has 6 nitrogen and oxygen atoms in total. The van der Waals surface area contributed by atoms with E-state index < -0.39 is 0 Å². The molecule has 15 heavy (non-hydrogen) atoms. The molecule has 1 atom stereocenters. The highest BCUT2D eigenvalue weighted by Crippen LogP contribution is 2.08. The Labute approximate surface area is 87.9 Å². The predicted octanol–water partition coefficient (Wildman–Crippen LogP) is -0.325. The van der Waals surface area contributed by atoms with Gasteiger partial charge in [-0.05, 0) is 6.92 Å². The molecule has 0 radical (unpaired) electrons. The molecule has 0 aromatic carbocycles. The van der Waals surface area contributed by atoms with Crippen LogP contribution in [0.3, 0.4) is 0 Å². The van der Waals surface area contributed by atoms with E-state index in [1.807, 2.05) is 4.90 Å². The lowest BCUT2D eigenvalue weighted by atomic mass is 10.2. The minimum Gasteiger partial charge on any atom is -0.338 e. The molecule has 2 heterocycles. The third kappa shape index (κ3) is 2.32. The maximum atomic E-state index is 8.95. The summed E-state index contributed by atoms with van der Waals surface area (Å²) in [5.74, 6) is 1.21. The fourth-order valence-corrected chi connectivity index (χ4v) is 1.64. The number of aryl methyl sites for hydroxylation is 1. The van der Waals surface area contributed by atoms with E-state index in [1.165, 1.54) is 0 Å². The molecular formula is C9H13N5O. The summed E-state index contributed by atoms with van der Waals surface area (Å²) in [5, 5.41) is 15.8. The number of hydrogen-bond acceptors (Lipinski definition) is 6. The van der Waals surface area contributed by atoms with Crippen LogP contribution < -0.4 is 5.32 Å². The molecule has 0 saturated carbocycles. The van der Waals surface area contributed by atoms with Crippen molar-refractivity contribution < 1.29 is 4.52 Å². The van der Waals surface area contributed by atoms with Gasteiger partial charge in [0, 0.05) is 19.6 Å². The molecule has 1 unspecified atom stereocenters. The number of aromatic nitrogens is 2. The second kappa shape index (κ2) is 4.38. The summed E-state index contributed by atoms with van der Waals surface area (Å²) in [7, 11) is 0. The van der Waals surface area contributed by atoms with E-state index in [1.54, 1.807) is 6.92 Å². The molecule has 1 saturated heterocycles. The lowest BCUT2D eigenvalue weighted by Gasteiger charge is -2.30. The van der Waals surface area contributed by atoms with E-state index in [2.05, 4.69) is 21.5 Å². The van der Waals surface area contributed by atoms with Crippen molar-refractivity contribution in [1.29, 1.82) is 5.26 Å². The Hall–Kier alpha value is -1.45. The lowest BCUT2D eigenvalue weighted by Crippen LogP contribution is -2.50. The molecule has 2 rings (SSSR count). The van der Waals surface area contributed by atoms with Crippen molar-refractivity contribution in [2.45, 2.75) is 19.5 Å². The van der Waals surface area contributed by atoms with Crippen LogP contribution >= 0.6 is 0 Å². The van der Waals surface area contributed by atoms with E-state index in [9.17, 15) is 0 Å². The molecule has 80 valence electrons. The van der Waals surface area contributed by atoms with Crippen LogP contribution in [0.5, 0.6) is 0 Å². The summed E-state index contributed by atoms with van der Waals surface area (Å²) in [6.45, 7) is 4.77. The van der Waals surface area contributed by atoms with Gasteiger partial charge in [-0.15, -0.1) is 0 Å². The van der Waals surface area contributed by atoms with Crippen LogP contribution in [-0.2, 0) is 6.54 Å². The summed E-state index contributed by atoms with van der Waals surface area (Å²) in [5.41, 5.74) is 0. The monoisotopic (exact) mass is 207 g/mol. The van der Waals surface area contributed by atoms with Crippen molar-refractivity contribution in [2.75, 3.05) is 19.6 Å². The summed E-state index contributed by atoms with van der Waals surface area (Å²) in [6, 6.07) is 2.15. The van der Waals surface area contributed by atoms with Gasteiger partial charge >= 0.3 is 0 Å². The molecule has 0 spiro atoms. The lowest BCUT2D eigenvalue weighted by molar-refractivity contribution is 0.167. The molecule has 0 aliphatic carbocycles. The number of hydrogen-bond donors (Lipinski definition) is 1. The topological polar surface area (TPSA) is 78.0 Å². The van der Waals surface area contributed by atoms with Crippen molar-refractivity contribution in [3.63, 3.8) is 0 Å². The van der Waals surface area contributed by atoms with Gasteiger partial charge < -0.3 is 9.84 Å². The molecule has 0 bridgehead atoms. The Bertz CT molecular complexity index is 369. The maximum absolute atomic E-state index is 8.95. The van der Waals surface area contributed by atoms with Gasteiger partial charge in [-0.25, -0.2) is 0 Å². The highest BCUT2D eigenvalue weighted by molar-refractivity contribution is 4.97. The summed E-state index contributed by atoms with van der Waals surface area (Å²) in [4.78, 5) is 6.17. The zero-order chi connectivity index (χ0) is 10.7. The first-order chi connectivity index (χ1) is 7.29. The number of rotatable bonds is 2. The zero-order valence-corrected chi connectivity index (χ0v) is 8.60. The normalized spacial score (nSPS) is 22.5. The van der Waals surface area contributed by atoms with Gasteiger partial charge in [0.15, 0.2) is 5.82 Å².